The summed E-state index contributed by atoms with van der Waals surface area (Å²) < 4.78 is 42.8. The predicted octanol–water partition coefficient (Wildman–Crippen LogP) is 5.59. The van der Waals surface area contributed by atoms with Crippen molar-refractivity contribution in [1.82, 2.24) is 19.6 Å². The van der Waals surface area contributed by atoms with Gasteiger partial charge in [0.25, 0.3) is 0 Å². The molecule has 39 heavy (non-hydrogen) atoms. The van der Waals surface area contributed by atoms with E-state index in [9.17, 15) is 0 Å². The molecule has 1 fully saturated rings. The lowest BCUT2D eigenvalue weighted by Crippen LogP contribution is -2.45. The number of hydrogen-bond donors (Lipinski definition) is 2. The van der Waals surface area contributed by atoms with Gasteiger partial charge in [0.1, 0.15) is 11.6 Å². The standard InChI is InChI=1S/C29H34F2N6O2/c1-16(2)39-15-18-10-22(30)27(23(31)11-18)25-6-5-20-13-34-29(37(20)36-25)35-26-14-33-8-7-21(26)19-9-17(3)28(38-4)24(32)12-19/h5-8,10-11,13-14,16-17,19,24,28H,9,12,15,32H2,1-4H3,(H,34,35)/t17-,19+,24+,28-/m0/s1. The number of ether oxygens (including phenoxy) is 2. The Morgan fingerprint density at radius 1 is 1.13 bits per heavy atom. The van der Waals surface area contributed by atoms with Crippen molar-refractivity contribution in [3.63, 3.8) is 0 Å². The highest BCUT2D eigenvalue weighted by Crippen LogP contribution is 2.40. The van der Waals surface area contributed by atoms with Crippen molar-refractivity contribution in [3.05, 3.63) is 71.7 Å². The summed E-state index contributed by atoms with van der Waals surface area (Å²) in [5.74, 6) is -0.486. The van der Waals surface area contributed by atoms with Crippen LogP contribution in [0.15, 0.2) is 48.9 Å². The van der Waals surface area contributed by atoms with E-state index >= 15 is 8.78 Å². The van der Waals surface area contributed by atoms with Crippen molar-refractivity contribution in [2.24, 2.45) is 11.7 Å². The first-order valence-corrected chi connectivity index (χ1v) is 13.2. The monoisotopic (exact) mass is 536 g/mol. The van der Waals surface area contributed by atoms with Crippen LogP contribution in [0.4, 0.5) is 20.4 Å². The van der Waals surface area contributed by atoms with Crippen molar-refractivity contribution in [3.8, 4) is 11.3 Å². The molecule has 0 amide bonds. The van der Waals surface area contributed by atoms with Crippen LogP contribution in [0.2, 0.25) is 0 Å². The van der Waals surface area contributed by atoms with Crippen molar-refractivity contribution in [2.75, 3.05) is 12.4 Å². The maximum atomic E-state index is 15.1. The average molecular weight is 537 g/mol. The van der Waals surface area contributed by atoms with Gasteiger partial charge in [-0.2, -0.15) is 9.61 Å². The second-order valence-corrected chi connectivity index (χ2v) is 10.5. The molecule has 1 aromatic carbocycles. The summed E-state index contributed by atoms with van der Waals surface area (Å²) in [5, 5.41) is 7.88. The van der Waals surface area contributed by atoms with Gasteiger partial charge in [-0.25, -0.2) is 13.8 Å². The van der Waals surface area contributed by atoms with Crippen LogP contribution in [0, 0.1) is 17.6 Å². The van der Waals surface area contributed by atoms with E-state index in [1.165, 1.54) is 16.6 Å². The number of anilines is 2. The first kappa shape index (κ1) is 27.1. The van der Waals surface area contributed by atoms with Gasteiger partial charge in [-0.05, 0) is 80.0 Å². The fourth-order valence-electron chi connectivity index (χ4n) is 5.53. The molecule has 3 N–H and O–H groups in total. The van der Waals surface area contributed by atoms with Gasteiger partial charge in [-0.15, -0.1) is 0 Å². The van der Waals surface area contributed by atoms with E-state index < -0.39 is 11.6 Å². The zero-order valence-corrected chi connectivity index (χ0v) is 22.6. The molecule has 3 heterocycles. The molecule has 3 aromatic heterocycles. The van der Waals surface area contributed by atoms with Crippen LogP contribution in [0.5, 0.6) is 0 Å². The molecule has 0 aliphatic heterocycles. The number of hydrogen-bond acceptors (Lipinski definition) is 7. The third-order valence-corrected chi connectivity index (χ3v) is 7.33. The number of pyridine rings is 1. The normalized spacial score (nSPS) is 21.5. The van der Waals surface area contributed by atoms with E-state index in [1.54, 1.807) is 37.8 Å². The predicted molar refractivity (Wildman–Crippen MR) is 146 cm³/mol. The second-order valence-electron chi connectivity index (χ2n) is 10.5. The highest BCUT2D eigenvalue weighted by molar-refractivity contribution is 5.66. The number of benzene rings is 1. The number of fused-ring (bicyclic) bond motifs is 1. The topological polar surface area (TPSA) is 99.6 Å². The van der Waals surface area contributed by atoms with Gasteiger partial charge < -0.3 is 20.5 Å². The molecule has 0 unspecified atom stereocenters. The third-order valence-electron chi connectivity index (χ3n) is 7.33. The van der Waals surface area contributed by atoms with Crippen LogP contribution in [0.1, 0.15) is 50.7 Å². The van der Waals surface area contributed by atoms with Crippen molar-refractivity contribution >= 4 is 17.2 Å². The van der Waals surface area contributed by atoms with Gasteiger partial charge in [0.15, 0.2) is 0 Å². The van der Waals surface area contributed by atoms with Gasteiger partial charge in [-0.1, -0.05) is 6.92 Å². The Morgan fingerprint density at radius 3 is 2.59 bits per heavy atom. The molecule has 0 radical (unpaired) electrons. The Labute approximate surface area is 226 Å². The Morgan fingerprint density at radius 2 is 1.90 bits per heavy atom. The molecule has 5 rings (SSSR count). The van der Waals surface area contributed by atoms with Crippen LogP contribution in [0.3, 0.4) is 0 Å². The quantitative estimate of drug-likeness (QED) is 0.303. The van der Waals surface area contributed by atoms with E-state index in [4.69, 9.17) is 15.2 Å². The van der Waals surface area contributed by atoms with Crippen LogP contribution in [-0.4, -0.2) is 44.9 Å². The van der Waals surface area contributed by atoms with E-state index in [0.29, 0.717) is 22.9 Å². The van der Waals surface area contributed by atoms with Gasteiger partial charge in [0.2, 0.25) is 5.95 Å². The van der Waals surface area contributed by atoms with Crippen LogP contribution in [0.25, 0.3) is 16.8 Å². The summed E-state index contributed by atoms with van der Waals surface area (Å²) in [6.45, 7) is 6.02. The Kier molecular flexibility index (Phi) is 7.88. The van der Waals surface area contributed by atoms with Crippen LogP contribution >= 0.6 is 0 Å². The van der Waals surface area contributed by atoms with E-state index in [0.717, 1.165) is 24.1 Å². The summed E-state index contributed by atoms with van der Waals surface area (Å²) in [7, 11) is 1.71. The lowest BCUT2D eigenvalue weighted by Gasteiger charge is -2.38. The lowest BCUT2D eigenvalue weighted by atomic mass is 9.74. The summed E-state index contributed by atoms with van der Waals surface area (Å²) >= 11 is 0. The lowest BCUT2D eigenvalue weighted by molar-refractivity contribution is 0.00984. The number of imidazole rings is 1. The molecule has 1 aliphatic rings. The highest BCUT2D eigenvalue weighted by Gasteiger charge is 2.35. The smallest absolute Gasteiger partial charge is 0.229 e. The van der Waals surface area contributed by atoms with Crippen LogP contribution < -0.4 is 11.1 Å². The molecule has 8 nitrogen and oxygen atoms in total. The third kappa shape index (κ3) is 5.63. The summed E-state index contributed by atoms with van der Waals surface area (Å²) in [5.41, 5.74) is 9.35. The molecular formula is C29H34F2N6O2. The average Bonchev–Trinajstić information content (AvgIpc) is 3.29. The number of nitrogens with one attached hydrogen (secondary N) is 1. The minimum Gasteiger partial charge on any atom is -0.380 e. The van der Waals surface area contributed by atoms with Gasteiger partial charge in [-0.3, -0.25) is 4.98 Å². The molecule has 10 heteroatoms. The zero-order valence-electron chi connectivity index (χ0n) is 22.6. The Balaban J connectivity index is 1.45. The number of methoxy groups -OCH3 is 1. The molecule has 1 aliphatic carbocycles. The van der Waals surface area contributed by atoms with Crippen LogP contribution in [-0.2, 0) is 16.1 Å². The van der Waals surface area contributed by atoms with Gasteiger partial charge in [0.05, 0.1) is 53.7 Å². The van der Waals surface area contributed by atoms with Gasteiger partial charge in [0, 0.05) is 19.3 Å². The van der Waals surface area contributed by atoms with Crippen molar-refractivity contribution in [2.45, 2.75) is 64.4 Å². The van der Waals surface area contributed by atoms with E-state index in [-0.39, 0.29) is 42.0 Å². The maximum absolute atomic E-state index is 15.1. The van der Waals surface area contributed by atoms with E-state index in [1.807, 2.05) is 19.9 Å². The molecule has 1 saturated carbocycles. The second kappa shape index (κ2) is 11.3. The summed E-state index contributed by atoms with van der Waals surface area (Å²) in [6, 6.07) is 7.79. The summed E-state index contributed by atoms with van der Waals surface area (Å²) in [6.07, 6.45) is 6.84. The minimum atomic E-state index is -0.703. The number of rotatable bonds is 8. The fourth-order valence-corrected chi connectivity index (χ4v) is 5.53. The molecule has 0 spiro atoms. The number of nitrogens with zero attached hydrogens (tertiary/aromatic N) is 4. The molecular weight excluding hydrogens is 502 g/mol. The van der Waals surface area contributed by atoms with E-state index in [2.05, 4.69) is 27.3 Å². The largest absolute Gasteiger partial charge is 0.380 e. The number of aromatic nitrogens is 4. The molecule has 0 saturated heterocycles. The molecule has 4 atom stereocenters. The Hall–Kier alpha value is -3.47. The zero-order chi connectivity index (χ0) is 27.7. The SMILES string of the molecule is CO[C@@H]1[C@H](N)C[C@H](c2ccncc2Nc2ncc3ccc(-c4c(F)cc(COC(C)C)cc4F)nn23)C[C@@H]1C. The maximum Gasteiger partial charge on any atom is 0.229 e. The first-order chi connectivity index (χ1) is 18.7. The van der Waals surface area contributed by atoms with Crippen molar-refractivity contribution in [1.29, 1.82) is 0 Å². The summed E-state index contributed by atoms with van der Waals surface area (Å²) in [4.78, 5) is 8.79. The molecule has 206 valence electrons. The van der Waals surface area contributed by atoms with Gasteiger partial charge >= 0.3 is 0 Å². The number of halogens is 2. The minimum absolute atomic E-state index is 0.0240. The Bertz CT molecular complexity index is 1420. The first-order valence-electron chi connectivity index (χ1n) is 13.2. The molecule has 4 aromatic rings. The number of nitrogens with two attached hydrogens (primary N) is 1. The van der Waals surface area contributed by atoms with Crippen molar-refractivity contribution < 1.29 is 18.3 Å². The fraction of sp³-hybridized carbons (Fsp3) is 0.414. The molecule has 0 bridgehead atoms. The highest BCUT2D eigenvalue weighted by atomic mass is 19.1.